The molecule has 0 aromatic carbocycles. The molecule has 1 amide bonds. The van der Waals surface area contributed by atoms with Crippen molar-refractivity contribution in [2.24, 2.45) is 11.5 Å². The first-order valence-corrected chi connectivity index (χ1v) is 9.64. The molecule has 1 fully saturated rings. The number of halogens is 2. The summed E-state index contributed by atoms with van der Waals surface area (Å²) in [6, 6.07) is 4.59. The molecular formula is C19H21F2N9O. The molecule has 2 atom stereocenters. The first-order valence-electron chi connectivity index (χ1n) is 9.64. The van der Waals surface area contributed by atoms with Crippen molar-refractivity contribution in [2.45, 2.75) is 37.3 Å². The van der Waals surface area contributed by atoms with E-state index in [0.29, 0.717) is 24.5 Å². The summed E-state index contributed by atoms with van der Waals surface area (Å²) in [4.78, 5) is 21.6. The molecule has 12 heteroatoms. The lowest BCUT2D eigenvalue weighted by atomic mass is 9.87. The summed E-state index contributed by atoms with van der Waals surface area (Å²) in [5, 5.41) is 13.8. The highest BCUT2D eigenvalue weighted by atomic mass is 19.3. The van der Waals surface area contributed by atoms with Crippen molar-refractivity contribution in [3.8, 4) is 5.82 Å². The molecule has 162 valence electrons. The van der Waals surface area contributed by atoms with Gasteiger partial charge in [-0.1, -0.05) is 6.07 Å². The fourth-order valence-corrected chi connectivity index (χ4v) is 3.51. The Morgan fingerprint density at radius 1 is 1.26 bits per heavy atom. The Morgan fingerprint density at radius 2 is 2.03 bits per heavy atom. The van der Waals surface area contributed by atoms with E-state index in [9.17, 15) is 13.6 Å². The van der Waals surface area contributed by atoms with E-state index in [1.165, 1.54) is 29.5 Å². The van der Waals surface area contributed by atoms with E-state index in [-0.39, 0.29) is 23.5 Å². The third-order valence-electron chi connectivity index (χ3n) is 4.99. The SMILES string of the molecule is NC(=O)c1ncc(N[C@H]2[C@@H](N)CCCC2(F)F)cc1Nc1cccc(-n2nccn2)n1. The molecule has 3 heterocycles. The maximum absolute atomic E-state index is 14.4. The van der Waals surface area contributed by atoms with Gasteiger partial charge in [0.25, 0.3) is 11.8 Å². The van der Waals surface area contributed by atoms with Crippen molar-refractivity contribution in [3.05, 3.63) is 48.5 Å². The van der Waals surface area contributed by atoms with Crippen LogP contribution in [0.3, 0.4) is 0 Å². The fourth-order valence-electron chi connectivity index (χ4n) is 3.51. The van der Waals surface area contributed by atoms with Crippen LogP contribution in [-0.2, 0) is 0 Å². The second kappa shape index (κ2) is 8.22. The molecule has 0 spiro atoms. The number of nitrogens with one attached hydrogen (secondary N) is 2. The molecule has 0 saturated heterocycles. The predicted molar refractivity (Wildman–Crippen MR) is 109 cm³/mol. The number of nitrogens with zero attached hydrogens (tertiary/aromatic N) is 5. The number of carbonyl (C=O) groups excluding carboxylic acids is 1. The number of alkyl halides is 2. The van der Waals surface area contributed by atoms with Gasteiger partial charge in [0.2, 0.25) is 0 Å². The molecule has 0 aliphatic heterocycles. The fraction of sp³-hybridized carbons (Fsp3) is 0.316. The number of primary amides is 1. The van der Waals surface area contributed by atoms with Crippen LogP contribution in [0.5, 0.6) is 0 Å². The number of carbonyl (C=O) groups is 1. The van der Waals surface area contributed by atoms with Crippen LogP contribution in [0.4, 0.5) is 26.0 Å². The highest BCUT2D eigenvalue weighted by Crippen LogP contribution is 2.35. The monoisotopic (exact) mass is 429 g/mol. The summed E-state index contributed by atoms with van der Waals surface area (Å²) >= 11 is 0. The molecule has 0 bridgehead atoms. The summed E-state index contributed by atoms with van der Waals surface area (Å²) in [6.45, 7) is 0. The van der Waals surface area contributed by atoms with Crippen molar-refractivity contribution in [1.82, 2.24) is 25.0 Å². The Hall–Kier alpha value is -3.67. The van der Waals surface area contributed by atoms with Crippen LogP contribution in [0, 0.1) is 0 Å². The molecule has 1 saturated carbocycles. The van der Waals surface area contributed by atoms with Gasteiger partial charge in [-0.3, -0.25) is 4.79 Å². The summed E-state index contributed by atoms with van der Waals surface area (Å²) < 4.78 is 28.7. The molecule has 6 N–H and O–H groups in total. The molecule has 31 heavy (non-hydrogen) atoms. The van der Waals surface area contributed by atoms with Gasteiger partial charge in [-0.15, -0.1) is 4.80 Å². The van der Waals surface area contributed by atoms with Crippen LogP contribution in [0.2, 0.25) is 0 Å². The van der Waals surface area contributed by atoms with Crippen molar-refractivity contribution < 1.29 is 13.6 Å². The molecular weight excluding hydrogens is 408 g/mol. The minimum atomic E-state index is -2.96. The topological polar surface area (TPSA) is 150 Å². The van der Waals surface area contributed by atoms with Gasteiger partial charge >= 0.3 is 0 Å². The third-order valence-corrected chi connectivity index (χ3v) is 4.99. The molecule has 3 aromatic heterocycles. The molecule has 1 aliphatic rings. The minimum Gasteiger partial charge on any atom is -0.374 e. The number of hydrogen-bond donors (Lipinski definition) is 4. The number of hydrogen-bond acceptors (Lipinski definition) is 8. The molecule has 10 nitrogen and oxygen atoms in total. The quantitative estimate of drug-likeness (QED) is 0.463. The lowest BCUT2D eigenvalue weighted by Crippen LogP contribution is -2.54. The minimum absolute atomic E-state index is 0.0605. The number of rotatable bonds is 6. The van der Waals surface area contributed by atoms with Gasteiger partial charge in [-0.05, 0) is 31.0 Å². The average molecular weight is 429 g/mol. The van der Waals surface area contributed by atoms with Crippen LogP contribution in [0.1, 0.15) is 29.8 Å². The number of anilines is 3. The van der Waals surface area contributed by atoms with Gasteiger partial charge in [0, 0.05) is 12.5 Å². The predicted octanol–water partition coefficient (Wildman–Crippen LogP) is 1.83. The van der Waals surface area contributed by atoms with Crippen LogP contribution >= 0.6 is 0 Å². The number of amides is 1. The van der Waals surface area contributed by atoms with Crippen molar-refractivity contribution in [1.29, 1.82) is 0 Å². The third kappa shape index (κ3) is 4.43. The van der Waals surface area contributed by atoms with E-state index in [0.717, 1.165) is 0 Å². The van der Waals surface area contributed by atoms with Gasteiger partial charge in [-0.2, -0.15) is 10.2 Å². The Labute approximate surface area is 176 Å². The Kier molecular flexibility index (Phi) is 5.46. The molecule has 0 unspecified atom stereocenters. The van der Waals surface area contributed by atoms with E-state index in [4.69, 9.17) is 11.5 Å². The second-order valence-electron chi connectivity index (χ2n) is 7.25. The van der Waals surface area contributed by atoms with Crippen LogP contribution < -0.4 is 22.1 Å². The van der Waals surface area contributed by atoms with E-state index < -0.39 is 23.9 Å². The number of aromatic nitrogens is 5. The Bertz CT molecular complexity index is 1070. The van der Waals surface area contributed by atoms with Crippen molar-refractivity contribution in [2.75, 3.05) is 10.6 Å². The maximum atomic E-state index is 14.4. The van der Waals surface area contributed by atoms with E-state index in [2.05, 4.69) is 30.8 Å². The van der Waals surface area contributed by atoms with E-state index in [1.54, 1.807) is 18.2 Å². The standard InChI is InChI=1S/C19H21F2N9O/c20-19(21)6-2-3-12(22)17(19)27-11-9-13(16(18(23)31)24-10-11)28-14-4-1-5-15(29-14)30-25-7-8-26-30/h1,4-5,7-10,12,17,27H,2-3,6,22H2,(H2,23,31)(H,28,29)/t12-,17-/m0/s1. The zero-order valence-electron chi connectivity index (χ0n) is 16.4. The highest BCUT2D eigenvalue weighted by molar-refractivity contribution is 5.97. The number of nitrogens with two attached hydrogens (primary N) is 2. The van der Waals surface area contributed by atoms with Crippen LogP contribution in [0.25, 0.3) is 5.82 Å². The molecule has 0 radical (unpaired) electrons. The van der Waals surface area contributed by atoms with Gasteiger partial charge in [0.15, 0.2) is 11.5 Å². The largest absolute Gasteiger partial charge is 0.374 e. The normalized spacial score (nSPS) is 20.2. The van der Waals surface area contributed by atoms with Crippen LogP contribution in [0.15, 0.2) is 42.9 Å². The second-order valence-corrected chi connectivity index (χ2v) is 7.25. The van der Waals surface area contributed by atoms with Gasteiger partial charge in [0.05, 0.1) is 30.0 Å². The highest BCUT2D eigenvalue weighted by Gasteiger charge is 2.45. The zero-order valence-corrected chi connectivity index (χ0v) is 16.4. The summed E-state index contributed by atoms with van der Waals surface area (Å²) in [6.07, 6.45) is 4.92. The van der Waals surface area contributed by atoms with Gasteiger partial charge < -0.3 is 22.1 Å². The summed E-state index contributed by atoms with van der Waals surface area (Å²) in [7, 11) is 0. The van der Waals surface area contributed by atoms with Crippen LogP contribution in [-0.4, -0.2) is 48.9 Å². The Morgan fingerprint density at radius 3 is 2.74 bits per heavy atom. The van der Waals surface area contributed by atoms with Crippen molar-refractivity contribution in [3.63, 3.8) is 0 Å². The lowest BCUT2D eigenvalue weighted by Gasteiger charge is -2.37. The Balaban J connectivity index is 1.63. The van der Waals surface area contributed by atoms with Gasteiger partial charge in [-0.25, -0.2) is 18.7 Å². The first-order chi connectivity index (χ1) is 14.8. The maximum Gasteiger partial charge on any atom is 0.269 e. The van der Waals surface area contributed by atoms with Gasteiger partial charge in [0.1, 0.15) is 11.9 Å². The summed E-state index contributed by atoms with van der Waals surface area (Å²) in [5.41, 5.74) is 11.8. The molecule has 4 rings (SSSR count). The first kappa shape index (κ1) is 20.6. The molecule has 1 aliphatic carbocycles. The van der Waals surface area contributed by atoms with Crippen molar-refractivity contribution >= 4 is 23.1 Å². The lowest BCUT2D eigenvalue weighted by molar-refractivity contribution is -0.0510. The van der Waals surface area contributed by atoms with E-state index in [1.807, 2.05) is 0 Å². The smallest absolute Gasteiger partial charge is 0.269 e. The summed E-state index contributed by atoms with van der Waals surface area (Å²) in [5.74, 6) is -2.94. The molecule has 3 aromatic rings. The average Bonchev–Trinajstić information content (AvgIpc) is 3.26. The zero-order chi connectivity index (χ0) is 22.0. The van der Waals surface area contributed by atoms with E-state index >= 15 is 0 Å². The number of pyridine rings is 2.